The quantitative estimate of drug-likeness (QED) is 0.477. The normalized spacial score (nSPS) is 20.1. The smallest absolute Gasteiger partial charge is 0.212 e. The molecule has 0 saturated carbocycles. The van der Waals surface area contributed by atoms with Gasteiger partial charge in [0, 0.05) is 10.7 Å². The van der Waals surface area contributed by atoms with Crippen molar-refractivity contribution in [3.8, 4) is 0 Å². The molecule has 0 amide bonds. The van der Waals surface area contributed by atoms with Crippen molar-refractivity contribution in [3.63, 3.8) is 0 Å². The SMILES string of the molecule is O=S(=O)(Cl)CC1CC=CC1. The molecule has 0 N–H and O–H groups in total. The first-order valence-electron chi connectivity index (χ1n) is 3.15. The van der Waals surface area contributed by atoms with Crippen molar-refractivity contribution in [2.45, 2.75) is 12.8 Å². The van der Waals surface area contributed by atoms with E-state index in [0.29, 0.717) is 0 Å². The average Bonchev–Trinajstić information content (AvgIpc) is 2.12. The molecule has 1 rings (SSSR count). The number of hydrogen-bond acceptors (Lipinski definition) is 2. The molecule has 0 aromatic heterocycles. The number of hydrogen-bond donors (Lipinski definition) is 0. The third-order valence-electron chi connectivity index (χ3n) is 1.54. The summed E-state index contributed by atoms with van der Waals surface area (Å²) in [4.78, 5) is 0. The Balaban J connectivity index is 2.41. The Kier molecular flexibility index (Phi) is 2.36. The summed E-state index contributed by atoms with van der Waals surface area (Å²) in [5, 5.41) is 0. The molecule has 0 aromatic carbocycles. The number of rotatable bonds is 2. The molecule has 4 heteroatoms. The maximum atomic E-state index is 10.5. The molecule has 10 heavy (non-hydrogen) atoms. The van der Waals surface area contributed by atoms with Crippen LogP contribution < -0.4 is 0 Å². The van der Waals surface area contributed by atoms with Crippen molar-refractivity contribution in [1.82, 2.24) is 0 Å². The van der Waals surface area contributed by atoms with Gasteiger partial charge >= 0.3 is 0 Å². The van der Waals surface area contributed by atoms with Gasteiger partial charge in [-0.3, -0.25) is 0 Å². The summed E-state index contributed by atoms with van der Waals surface area (Å²) in [7, 11) is 1.78. The van der Waals surface area contributed by atoms with E-state index in [2.05, 4.69) is 0 Å². The zero-order valence-electron chi connectivity index (χ0n) is 5.46. The van der Waals surface area contributed by atoms with Crippen molar-refractivity contribution in [2.24, 2.45) is 5.92 Å². The van der Waals surface area contributed by atoms with Crippen molar-refractivity contribution >= 4 is 19.7 Å². The standard InChI is InChI=1S/C6H9ClO2S/c7-10(8,9)5-6-3-1-2-4-6/h1-2,6H,3-5H2. The predicted octanol–water partition coefficient (Wildman–Crippen LogP) is 1.52. The topological polar surface area (TPSA) is 34.1 Å². The van der Waals surface area contributed by atoms with E-state index in [4.69, 9.17) is 10.7 Å². The zero-order valence-corrected chi connectivity index (χ0v) is 7.03. The van der Waals surface area contributed by atoms with Gasteiger partial charge in [-0.05, 0) is 18.8 Å². The van der Waals surface area contributed by atoms with E-state index in [1.165, 1.54) is 0 Å². The molecule has 58 valence electrons. The van der Waals surface area contributed by atoms with Gasteiger partial charge in [0.25, 0.3) is 0 Å². The Hall–Kier alpha value is -0.0200. The van der Waals surface area contributed by atoms with Crippen LogP contribution in [0, 0.1) is 5.92 Å². The van der Waals surface area contributed by atoms with Gasteiger partial charge in [0.2, 0.25) is 9.05 Å². The molecule has 1 aliphatic carbocycles. The van der Waals surface area contributed by atoms with Crippen LogP contribution in [-0.4, -0.2) is 14.2 Å². The van der Waals surface area contributed by atoms with E-state index >= 15 is 0 Å². The molecule has 0 spiro atoms. The first-order chi connectivity index (χ1) is 4.58. The fourth-order valence-electron chi connectivity index (χ4n) is 1.09. The molecule has 0 aromatic rings. The molecule has 0 fully saturated rings. The highest BCUT2D eigenvalue weighted by Gasteiger charge is 2.17. The van der Waals surface area contributed by atoms with Crippen LogP contribution in [0.5, 0.6) is 0 Å². The monoisotopic (exact) mass is 180 g/mol. The van der Waals surface area contributed by atoms with Gasteiger partial charge in [-0.2, -0.15) is 0 Å². The van der Waals surface area contributed by atoms with E-state index in [0.717, 1.165) is 12.8 Å². The van der Waals surface area contributed by atoms with Crippen LogP contribution in [0.15, 0.2) is 12.2 Å². The zero-order chi connectivity index (χ0) is 7.61. The maximum Gasteiger partial charge on any atom is 0.232 e. The van der Waals surface area contributed by atoms with Gasteiger partial charge in [-0.15, -0.1) is 0 Å². The summed E-state index contributed by atoms with van der Waals surface area (Å²) in [6.07, 6.45) is 5.69. The van der Waals surface area contributed by atoms with Gasteiger partial charge in [-0.25, -0.2) is 8.42 Å². The molecule has 1 aliphatic rings. The maximum absolute atomic E-state index is 10.5. The van der Waals surface area contributed by atoms with Crippen molar-refractivity contribution < 1.29 is 8.42 Å². The van der Waals surface area contributed by atoms with Gasteiger partial charge < -0.3 is 0 Å². The fourth-order valence-corrected chi connectivity index (χ4v) is 2.46. The van der Waals surface area contributed by atoms with E-state index in [9.17, 15) is 8.42 Å². The molecule has 2 nitrogen and oxygen atoms in total. The van der Waals surface area contributed by atoms with E-state index in [1.54, 1.807) is 0 Å². The van der Waals surface area contributed by atoms with Gasteiger partial charge in [-0.1, -0.05) is 12.2 Å². The largest absolute Gasteiger partial charge is 0.232 e. The van der Waals surface area contributed by atoms with Gasteiger partial charge in [0.1, 0.15) is 0 Å². The summed E-state index contributed by atoms with van der Waals surface area (Å²) < 4.78 is 21.0. The molecule has 0 radical (unpaired) electrons. The molecule has 0 unspecified atom stereocenters. The lowest BCUT2D eigenvalue weighted by atomic mass is 10.1. The summed E-state index contributed by atoms with van der Waals surface area (Å²) in [6.45, 7) is 0. The van der Waals surface area contributed by atoms with Crippen LogP contribution >= 0.6 is 10.7 Å². The van der Waals surface area contributed by atoms with Crippen LogP contribution in [0.25, 0.3) is 0 Å². The third kappa shape index (κ3) is 2.71. The summed E-state index contributed by atoms with van der Waals surface area (Å²) in [5.74, 6) is 0.337. The number of halogens is 1. The minimum Gasteiger partial charge on any atom is -0.212 e. The summed E-state index contributed by atoms with van der Waals surface area (Å²) in [5.41, 5.74) is 0. The highest BCUT2D eigenvalue weighted by atomic mass is 35.7. The lowest BCUT2D eigenvalue weighted by Gasteiger charge is -2.03. The fraction of sp³-hybridized carbons (Fsp3) is 0.667. The Morgan fingerprint density at radius 3 is 2.30 bits per heavy atom. The lowest BCUT2D eigenvalue weighted by Crippen LogP contribution is -2.07. The number of allylic oxidation sites excluding steroid dienone is 2. The molecular formula is C6H9ClO2S. The van der Waals surface area contributed by atoms with Crippen LogP contribution in [0.4, 0.5) is 0 Å². The Bertz CT molecular complexity index is 222. The summed E-state index contributed by atoms with van der Waals surface area (Å²) in [6, 6.07) is 0. The molecule has 0 heterocycles. The molecule has 0 bridgehead atoms. The molecule has 0 atom stereocenters. The Morgan fingerprint density at radius 1 is 1.40 bits per heavy atom. The van der Waals surface area contributed by atoms with Crippen molar-refractivity contribution in [1.29, 1.82) is 0 Å². The predicted molar refractivity (Wildman–Crippen MR) is 41.5 cm³/mol. The third-order valence-corrected chi connectivity index (χ3v) is 2.79. The van der Waals surface area contributed by atoms with Crippen LogP contribution in [0.1, 0.15) is 12.8 Å². The minimum atomic E-state index is -3.28. The van der Waals surface area contributed by atoms with E-state index in [1.807, 2.05) is 12.2 Å². The second kappa shape index (κ2) is 2.93. The van der Waals surface area contributed by atoms with E-state index in [-0.39, 0.29) is 11.7 Å². The van der Waals surface area contributed by atoms with Crippen molar-refractivity contribution in [3.05, 3.63) is 12.2 Å². The Morgan fingerprint density at radius 2 is 1.90 bits per heavy atom. The van der Waals surface area contributed by atoms with Gasteiger partial charge in [0.05, 0.1) is 5.75 Å². The van der Waals surface area contributed by atoms with Gasteiger partial charge in [0.15, 0.2) is 0 Å². The average molecular weight is 181 g/mol. The molecule has 0 aliphatic heterocycles. The molecule has 0 saturated heterocycles. The highest BCUT2D eigenvalue weighted by Crippen LogP contribution is 2.20. The second-order valence-electron chi connectivity index (χ2n) is 2.51. The highest BCUT2D eigenvalue weighted by molar-refractivity contribution is 8.13. The lowest BCUT2D eigenvalue weighted by molar-refractivity contribution is 0.579. The van der Waals surface area contributed by atoms with Crippen LogP contribution in [-0.2, 0) is 9.05 Å². The van der Waals surface area contributed by atoms with E-state index < -0.39 is 9.05 Å². The first kappa shape index (κ1) is 8.08. The Labute approximate surface area is 65.3 Å². The molecular weight excluding hydrogens is 172 g/mol. The summed E-state index contributed by atoms with van der Waals surface area (Å²) >= 11 is 0. The first-order valence-corrected chi connectivity index (χ1v) is 5.63. The van der Waals surface area contributed by atoms with Crippen LogP contribution in [0.2, 0.25) is 0 Å². The van der Waals surface area contributed by atoms with Crippen LogP contribution in [0.3, 0.4) is 0 Å². The second-order valence-corrected chi connectivity index (χ2v) is 5.34. The van der Waals surface area contributed by atoms with Crippen molar-refractivity contribution in [2.75, 3.05) is 5.75 Å². The minimum absolute atomic E-state index is 0.113.